The number of carboxylic acids is 2. The highest BCUT2D eigenvalue weighted by molar-refractivity contribution is 6.09. The third kappa shape index (κ3) is 7.75. The molecule has 0 bridgehead atoms. The summed E-state index contributed by atoms with van der Waals surface area (Å²) < 4.78 is 0. The van der Waals surface area contributed by atoms with E-state index in [1.54, 1.807) is 0 Å². The molecule has 2 fully saturated rings. The number of carbonyl (C=O) groups excluding carboxylic acids is 4. The van der Waals surface area contributed by atoms with Gasteiger partial charge in [-0.2, -0.15) is 0 Å². The van der Waals surface area contributed by atoms with Gasteiger partial charge in [-0.05, 0) is 80.6 Å². The van der Waals surface area contributed by atoms with Crippen molar-refractivity contribution in [3.63, 3.8) is 0 Å². The van der Waals surface area contributed by atoms with E-state index in [1.165, 1.54) is 10.5 Å². The maximum absolute atomic E-state index is 13.8. The van der Waals surface area contributed by atoms with Gasteiger partial charge in [0.05, 0.1) is 11.9 Å². The van der Waals surface area contributed by atoms with Crippen molar-refractivity contribution in [2.45, 2.75) is 37.6 Å². The van der Waals surface area contributed by atoms with E-state index in [2.05, 4.69) is 40.5 Å². The van der Waals surface area contributed by atoms with Crippen LogP contribution in [-0.4, -0.2) is 59.9 Å². The smallest absolute Gasteiger partial charge is 0.325 e. The summed E-state index contributed by atoms with van der Waals surface area (Å²) in [5.41, 5.74) is 2.94. The normalized spacial score (nSPS) is 19.1. The minimum Gasteiger partial charge on any atom is -0.545 e. The highest BCUT2D eigenvalue weighted by atomic mass is 16.4. The molecule has 0 radical (unpaired) electrons. The minimum atomic E-state index is -1.55. The first kappa shape index (κ1) is 31.2. The summed E-state index contributed by atoms with van der Waals surface area (Å²) in [6, 6.07) is 27.9. The summed E-state index contributed by atoms with van der Waals surface area (Å²) in [7, 11) is 0. The second-order valence-corrected chi connectivity index (χ2v) is 10.7. The highest BCUT2D eigenvalue weighted by Crippen LogP contribution is 2.36. The van der Waals surface area contributed by atoms with Crippen molar-refractivity contribution in [3.05, 3.63) is 119 Å². The van der Waals surface area contributed by atoms with Crippen LogP contribution in [0.5, 0.6) is 0 Å². The van der Waals surface area contributed by atoms with Crippen molar-refractivity contribution in [1.82, 2.24) is 15.1 Å². The first-order valence-electron chi connectivity index (χ1n) is 14.3. The summed E-state index contributed by atoms with van der Waals surface area (Å²) in [5, 5.41) is 21.9. The Bertz CT molecular complexity index is 1420. The number of likely N-dealkylation sites (tertiary alicyclic amines) is 1. The van der Waals surface area contributed by atoms with Gasteiger partial charge in [-0.1, -0.05) is 90.5 Å². The number of rotatable bonds is 9. The molecule has 2 saturated heterocycles. The first-order chi connectivity index (χ1) is 20.7. The van der Waals surface area contributed by atoms with Crippen molar-refractivity contribution in [2.24, 2.45) is 0 Å². The summed E-state index contributed by atoms with van der Waals surface area (Å²) in [5.74, 6) is -2.66. The second-order valence-electron chi connectivity index (χ2n) is 10.7. The van der Waals surface area contributed by atoms with E-state index >= 15 is 0 Å². The lowest BCUT2D eigenvalue weighted by Gasteiger charge is -2.32. The summed E-state index contributed by atoms with van der Waals surface area (Å²) in [4.78, 5) is 49.6. The van der Waals surface area contributed by atoms with Crippen LogP contribution in [0.3, 0.4) is 0 Å². The van der Waals surface area contributed by atoms with Crippen LogP contribution in [0.25, 0.3) is 0 Å². The third-order valence-corrected chi connectivity index (χ3v) is 7.87. The molecule has 3 amide bonds. The molecule has 224 valence electrons. The predicted molar refractivity (Wildman–Crippen MR) is 157 cm³/mol. The van der Waals surface area contributed by atoms with Crippen LogP contribution in [0, 0.1) is 6.92 Å². The number of benzene rings is 3. The van der Waals surface area contributed by atoms with Crippen molar-refractivity contribution in [2.75, 3.05) is 26.2 Å². The van der Waals surface area contributed by atoms with E-state index in [9.17, 15) is 29.4 Å². The summed E-state index contributed by atoms with van der Waals surface area (Å²) in [6.07, 6.45) is 3.84. The number of nitrogens with one attached hydrogen (secondary N) is 1. The molecule has 0 saturated carbocycles. The Kier molecular flexibility index (Phi) is 10.5. The van der Waals surface area contributed by atoms with Crippen LogP contribution < -0.4 is 15.5 Å². The van der Waals surface area contributed by atoms with E-state index in [0.717, 1.165) is 55.6 Å². The monoisotopic (exact) mass is 581 g/mol. The van der Waals surface area contributed by atoms with Crippen LogP contribution in [-0.2, 0) is 19.9 Å². The van der Waals surface area contributed by atoms with Gasteiger partial charge in [0.15, 0.2) is 5.54 Å². The molecule has 2 heterocycles. The van der Waals surface area contributed by atoms with Gasteiger partial charge in [0, 0.05) is 6.54 Å². The molecule has 0 spiro atoms. The van der Waals surface area contributed by atoms with Crippen molar-refractivity contribution >= 4 is 23.9 Å². The molecule has 9 heteroatoms. The Labute approximate surface area is 251 Å². The van der Waals surface area contributed by atoms with E-state index in [4.69, 9.17) is 0 Å². The number of amides is 3. The van der Waals surface area contributed by atoms with E-state index in [-0.39, 0.29) is 11.9 Å². The van der Waals surface area contributed by atoms with Gasteiger partial charge in [-0.3, -0.25) is 9.69 Å². The molecule has 2 aliphatic heterocycles. The number of aliphatic carboxylic acids is 2. The van der Waals surface area contributed by atoms with Crippen molar-refractivity contribution in [1.29, 1.82) is 0 Å². The number of hydrogen-bond donors (Lipinski definition) is 1. The summed E-state index contributed by atoms with van der Waals surface area (Å²) >= 11 is 0. The van der Waals surface area contributed by atoms with Gasteiger partial charge >= 0.3 is 6.03 Å². The molecule has 43 heavy (non-hydrogen) atoms. The fourth-order valence-electron chi connectivity index (χ4n) is 5.63. The topological polar surface area (TPSA) is 133 Å². The van der Waals surface area contributed by atoms with E-state index in [1.807, 2.05) is 61.5 Å². The predicted octanol–water partition coefficient (Wildman–Crippen LogP) is 2.10. The average Bonchev–Trinajstić information content (AvgIpc) is 3.28. The third-order valence-electron chi connectivity index (χ3n) is 7.87. The molecular formula is C34H35N3O6-2. The Morgan fingerprint density at radius 2 is 1.35 bits per heavy atom. The molecule has 9 nitrogen and oxygen atoms in total. The lowest BCUT2D eigenvalue weighted by Crippen LogP contribution is -2.45. The Morgan fingerprint density at radius 3 is 1.91 bits per heavy atom. The lowest BCUT2D eigenvalue weighted by atomic mass is 9.82. The molecule has 2 aliphatic rings. The largest absolute Gasteiger partial charge is 0.545 e. The quantitative estimate of drug-likeness (QED) is 0.302. The number of nitrogens with zero attached hydrogens (tertiary/aromatic N) is 2. The standard InChI is InChI=1S/C30H33N3O2.C4H4O4/c1-23-13-15-27(16-14-23)30(26-11-6-3-7-12-26)28(34)33(29(35)31-30)20-8-19-32-21-17-25(18-22-32)24-9-4-2-5-10-24;5-3(6)1-2-4(7)8/h2-7,9-16,25H,8,17-22H2,1H3,(H,31,35);1-2H,(H,5,6)(H,7,8)/p-2/b;2-1-. The van der Waals surface area contributed by atoms with Gasteiger partial charge in [0.1, 0.15) is 0 Å². The fourth-order valence-corrected chi connectivity index (χ4v) is 5.63. The van der Waals surface area contributed by atoms with Crippen molar-refractivity contribution < 1.29 is 29.4 Å². The number of carboxylic acid groups (broad SMARTS) is 2. The number of urea groups is 1. The Morgan fingerprint density at radius 1 is 0.814 bits per heavy atom. The summed E-state index contributed by atoms with van der Waals surface area (Å²) in [6.45, 7) is 5.43. The SMILES string of the molecule is Cc1ccc(C2(c3ccccc3)NC(=O)N(CCCN3CCC(c4ccccc4)CC3)C2=O)cc1.O=C([O-])/C=C\C(=O)[O-]. The molecule has 1 unspecified atom stereocenters. The zero-order valence-electron chi connectivity index (χ0n) is 24.1. The molecule has 3 aromatic rings. The van der Waals surface area contributed by atoms with Gasteiger partial charge in [-0.15, -0.1) is 0 Å². The van der Waals surface area contributed by atoms with E-state index in [0.29, 0.717) is 24.6 Å². The zero-order chi connectivity index (χ0) is 30.8. The maximum atomic E-state index is 13.8. The zero-order valence-corrected chi connectivity index (χ0v) is 24.1. The molecular weight excluding hydrogens is 546 g/mol. The molecule has 0 aromatic heterocycles. The van der Waals surface area contributed by atoms with Crippen LogP contribution >= 0.6 is 0 Å². The Balaban J connectivity index is 0.000000467. The Hall–Kier alpha value is -4.76. The molecule has 1 atom stereocenters. The number of carbonyl (C=O) groups is 4. The van der Waals surface area contributed by atoms with Crippen LogP contribution in [0.15, 0.2) is 97.1 Å². The minimum absolute atomic E-state index is 0.194. The number of aryl methyl sites for hydroxylation is 1. The van der Waals surface area contributed by atoms with Gasteiger partial charge < -0.3 is 30.0 Å². The van der Waals surface area contributed by atoms with Gasteiger partial charge in [-0.25, -0.2) is 4.79 Å². The molecule has 0 aliphatic carbocycles. The van der Waals surface area contributed by atoms with Gasteiger partial charge in [0.25, 0.3) is 5.91 Å². The molecule has 5 rings (SSSR count). The lowest BCUT2D eigenvalue weighted by molar-refractivity contribution is -0.301. The fraction of sp³-hybridized carbons (Fsp3) is 0.294. The van der Waals surface area contributed by atoms with Crippen LogP contribution in [0.2, 0.25) is 0 Å². The highest BCUT2D eigenvalue weighted by Gasteiger charge is 2.53. The molecule has 3 aromatic carbocycles. The van der Waals surface area contributed by atoms with E-state index < -0.39 is 17.5 Å². The number of hydrogen-bond acceptors (Lipinski definition) is 7. The maximum Gasteiger partial charge on any atom is 0.325 e. The van der Waals surface area contributed by atoms with Crippen LogP contribution in [0.1, 0.15) is 47.4 Å². The molecule has 1 N–H and O–H groups in total. The van der Waals surface area contributed by atoms with Crippen molar-refractivity contribution in [3.8, 4) is 0 Å². The van der Waals surface area contributed by atoms with Crippen LogP contribution in [0.4, 0.5) is 4.79 Å². The second kappa shape index (κ2) is 14.4. The van der Waals surface area contributed by atoms with Gasteiger partial charge in [0.2, 0.25) is 0 Å². The average molecular weight is 582 g/mol. The number of piperidine rings is 1. The first-order valence-corrected chi connectivity index (χ1v) is 14.3. The number of imide groups is 1.